The number of aromatic hydroxyl groups is 1. The molecule has 0 fully saturated rings. The van der Waals surface area contributed by atoms with E-state index in [4.69, 9.17) is 0 Å². The summed E-state index contributed by atoms with van der Waals surface area (Å²) in [4.78, 5) is 18.7. The molecular formula is C17H12N6O3. The quantitative estimate of drug-likeness (QED) is 0.362. The van der Waals surface area contributed by atoms with Crippen LogP contribution in [0.25, 0.3) is 0 Å². The molecule has 0 atom stereocenters. The molecule has 0 amide bonds. The summed E-state index contributed by atoms with van der Waals surface area (Å²) in [5.41, 5.74) is 0.738. The molecule has 1 heterocycles. The summed E-state index contributed by atoms with van der Waals surface area (Å²) in [5.74, 6) is 0.100. The van der Waals surface area contributed by atoms with E-state index in [0.717, 1.165) is 11.8 Å². The van der Waals surface area contributed by atoms with Crippen molar-refractivity contribution >= 4 is 28.8 Å². The Morgan fingerprint density at radius 2 is 1.92 bits per heavy atom. The van der Waals surface area contributed by atoms with E-state index in [1.54, 1.807) is 12.1 Å². The minimum Gasteiger partial charge on any atom is -0.508 e. The standard InChI is InChI=1S/C17H12N6O3/c18-9-11-10-19-17(22-16(11)20-12-4-2-1-3-5-12)21-14-7-6-13(24)8-15(14)23(25)26/h1-8,10,24H,(H2,19,20,21,22). The number of rotatable bonds is 5. The fourth-order valence-electron chi connectivity index (χ4n) is 2.17. The molecule has 1 aromatic heterocycles. The molecule has 0 aliphatic carbocycles. The monoisotopic (exact) mass is 348 g/mol. The Morgan fingerprint density at radius 1 is 1.15 bits per heavy atom. The number of phenols is 1. The van der Waals surface area contributed by atoms with Crippen molar-refractivity contribution in [1.29, 1.82) is 5.26 Å². The number of nitro groups is 1. The van der Waals surface area contributed by atoms with Gasteiger partial charge in [-0.3, -0.25) is 10.1 Å². The molecule has 0 aliphatic heterocycles. The van der Waals surface area contributed by atoms with Crippen LogP contribution in [0, 0.1) is 21.4 Å². The van der Waals surface area contributed by atoms with Gasteiger partial charge in [0.2, 0.25) is 5.95 Å². The third-order valence-corrected chi connectivity index (χ3v) is 3.37. The largest absolute Gasteiger partial charge is 0.508 e. The first-order valence-electron chi connectivity index (χ1n) is 7.40. The van der Waals surface area contributed by atoms with Gasteiger partial charge in [0.15, 0.2) is 5.82 Å². The molecule has 26 heavy (non-hydrogen) atoms. The van der Waals surface area contributed by atoms with Gasteiger partial charge >= 0.3 is 0 Å². The minimum atomic E-state index is -0.630. The fourth-order valence-corrected chi connectivity index (χ4v) is 2.17. The highest BCUT2D eigenvalue weighted by molar-refractivity contribution is 5.70. The number of hydrogen-bond donors (Lipinski definition) is 3. The Hall–Kier alpha value is -4.19. The second-order valence-corrected chi connectivity index (χ2v) is 5.14. The number of hydrogen-bond acceptors (Lipinski definition) is 8. The lowest BCUT2D eigenvalue weighted by atomic mass is 10.2. The zero-order chi connectivity index (χ0) is 18.5. The molecule has 3 rings (SSSR count). The van der Waals surface area contributed by atoms with Crippen molar-refractivity contribution in [2.24, 2.45) is 0 Å². The van der Waals surface area contributed by atoms with Crippen LogP contribution in [0.1, 0.15) is 5.56 Å². The van der Waals surface area contributed by atoms with E-state index in [9.17, 15) is 20.5 Å². The van der Waals surface area contributed by atoms with E-state index in [1.807, 2.05) is 24.3 Å². The van der Waals surface area contributed by atoms with Gasteiger partial charge in [-0.15, -0.1) is 0 Å². The Balaban J connectivity index is 1.94. The van der Waals surface area contributed by atoms with Crippen LogP contribution in [0.5, 0.6) is 5.75 Å². The summed E-state index contributed by atoms with van der Waals surface area (Å²) < 4.78 is 0. The Morgan fingerprint density at radius 3 is 2.62 bits per heavy atom. The molecule has 3 N–H and O–H groups in total. The summed E-state index contributed by atoms with van der Waals surface area (Å²) >= 11 is 0. The first-order chi connectivity index (χ1) is 12.6. The van der Waals surface area contributed by atoms with E-state index in [1.165, 1.54) is 18.3 Å². The van der Waals surface area contributed by atoms with Gasteiger partial charge in [0.25, 0.3) is 5.69 Å². The summed E-state index contributed by atoms with van der Waals surface area (Å²) in [5, 5.41) is 35.5. The van der Waals surface area contributed by atoms with Crippen LogP contribution in [0.15, 0.2) is 54.7 Å². The summed E-state index contributed by atoms with van der Waals surface area (Å²) in [6.45, 7) is 0. The zero-order valence-corrected chi connectivity index (χ0v) is 13.2. The van der Waals surface area contributed by atoms with Crippen molar-refractivity contribution in [2.45, 2.75) is 0 Å². The van der Waals surface area contributed by atoms with E-state index in [0.29, 0.717) is 0 Å². The smallest absolute Gasteiger partial charge is 0.296 e. The number of phenolic OH excluding ortho intramolecular Hbond substituents is 1. The molecule has 9 heteroatoms. The Labute approximate surface area is 147 Å². The molecule has 0 saturated carbocycles. The van der Waals surface area contributed by atoms with E-state index in [2.05, 4.69) is 20.6 Å². The molecule has 0 radical (unpaired) electrons. The number of para-hydroxylation sites is 1. The fraction of sp³-hybridized carbons (Fsp3) is 0. The van der Waals surface area contributed by atoms with Gasteiger partial charge in [0, 0.05) is 5.69 Å². The van der Waals surface area contributed by atoms with Crippen molar-refractivity contribution in [3.05, 3.63) is 70.4 Å². The second-order valence-electron chi connectivity index (χ2n) is 5.14. The lowest BCUT2D eigenvalue weighted by Crippen LogP contribution is -2.04. The third kappa shape index (κ3) is 3.65. The van der Waals surface area contributed by atoms with Crippen molar-refractivity contribution in [2.75, 3.05) is 10.6 Å². The number of nitro benzene ring substituents is 1. The van der Waals surface area contributed by atoms with Crippen LogP contribution in [-0.2, 0) is 0 Å². The predicted octanol–water partition coefficient (Wildman–Crippen LogP) is 3.45. The molecule has 9 nitrogen and oxygen atoms in total. The molecule has 0 unspecified atom stereocenters. The van der Waals surface area contributed by atoms with Crippen LogP contribution in [0.3, 0.4) is 0 Å². The second kappa shape index (κ2) is 7.14. The number of benzene rings is 2. The summed E-state index contributed by atoms with van der Waals surface area (Å²) in [6, 6.07) is 14.8. The molecular weight excluding hydrogens is 336 g/mol. The maximum atomic E-state index is 11.1. The normalized spacial score (nSPS) is 9.96. The summed E-state index contributed by atoms with van der Waals surface area (Å²) in [6.07, 6.45) is 1.31. The van der Waals surface area contributed by atoms with Crippen LogP contribution in [0.4, 0.5) is 28.8 Å². The maximum Gasteiger partial charge on any atom is 0.296 e. The number of aromatic nitrogens is 2. The molecule has 3 aromatic rings. The van der Waals surface area contributed by atoms with E-state index < -0.39 is 4.92 Å². The molecule has 0 spiro atoms. The first-order valence-corrected chi connectivity index (χ1v) is 7.40. The molecule has 0 aliphatic rings. The molecule has 128 valence electrons. The van der Waals surface area contributed by atoms with Gasteiger partial charge in [-0.05, 0) is 24.3 Å². The van der Waals surface area contributed by atoms with Gasteiger partial charge in [0.05, 0.1) is 17.2 Å². The van der Waals surface area contributed by atoms with Gasteiger partial charge in [0.1, 0.15) is 23.1 Å². The Bertz CT molecular complexity index is 1000. The highest BCUT2D eigenvalue weighted by Crippen LogP contribution is 2.30. The first kappa shape index (κ1) is 16.7. The topological polar surface area (TPSA) is 137 Å². The maximum absolute atomic E-state index is 11.1. The molecule has 2 aromatic carbocycles. The van der Waals surface area contributed by atoms with Gasteiger partial charge < -0.3 is 15.7 Å². The van der Waals surface area contributed by atoms with Crippen molar-refractivity contribution < 1.29 is 10.0 Å². The van der Waals surface area contributed by atoms with Gasteiger partial charge in [-0.25, -0.2) is 4.98 Å². The van der Waals surface area contributed by atoms with Crippen LogP contribution in [0.2, 0.25) is 0 Å². The number of nitriles is 1. The number of nitrogens with one attached hydrogen (secondary N) is 2. The number of nitrogens with zero attached hydrogens (tertiary/aromatic N) is 4. The zero-order valence-electron chi connectivity index (χ0n) is 13.2. The van der Waals surface area contributed by atoms with Crippen molar-refractivity contribution in [1.82, 2.24) is 9.97 Å². The minimum absolute atomic E-state index is 0.0659. The highest BCUT2D eigenvalue weighted by atomic mass is 16.6. The number of anilines is 4. The van der Waals surface area contributed by atoms with E-state index in [-0.39, 0.29) is 34.5 Å². The molecule has 0 bridgehead atoms. The Kier molecular flexibility index (Phi) is 4.58. The van der Waals surface area contributed by atoms with Crippen LogP contribution >= 0.6 is 0 Å². The predicted molar refractivity (Wildman–Crippen MR) is 94.5 cm³/mol. The SMILES string of the molecule is N#Cc1cnc(Nc2ccc(O)cc2[N+](=O)[O-])nc1Nc1ccccc1. The average Bonchev–Trinajstić information content (AvgIpc) is 2.64. The molecule has 0 saturated heterocycles. The summed E-state index contributed by atoms with van der Waals surface area (Å²) in [7, 11) is 0. The highest BCUT2D eigenvalue weighted by Gasteiger charge is 2.16. The van der Waals surface area contributed by atoms with Gasteiger partial charge in [-0.1, -0.05) is 18.2 Å². The van der Waals surface area contributed by atoms with Crippen LogP contribution in [-0.4, -0.2) is 20.0 Å². The van der Waals surface area contributed by atoms with Crippen molar-refractivity contribution in [3.8, 4) is 11.8 Å². The lowest BCUT2D eigenvalue weighted by molar-refractivity contribution is -0.384. The lowest BCUT2D eigenvalue weighted by Gasteiger charge is -2.10. The van der Waals surface area contributed by atoms with Crippen molar-refractivity contribution in [3.63, 3.8) is 0 Å². The third-order valence-electron chi connectivity index (χ3n) is 3.37. The van der Waals surface area contributed by atoms with Crippen LogP contribution < -0.4 is 10.6 Å². The average molecular weight is 348 g/mol. The van der Waals surface area contributed by atoms with Gasteiger partial charge in [-0.2, -0.15) is 10.2 Å². The van der Waals surface area contributed by atoms with E-state index >= 15 is 0 Å².